The number of aromatic nitrogens is 2. The standard InChI is InChI=1S/C21H24N4O6S2/c1-5-12(2)24-33(29,30)17-11-14(22-19(26)16-7-6-10-32-16)8-9-15(17)31-20-13(3)18(21(27)28)23-25(20)4/h6-12,24H,5H2,1-4H3,(H,22,26)(H,27,28)/t12-/m1/s1. The molecule has 176 valence electrons. The molecule has 3 rings (SSSR count). The summed E-state index contributed by atoms with van der Waals surface area (Å²) in [6, 6.07) is 7.27. The Kier molecular flexibility index (Phi) is 7.20. The van der Waals surface area contributed by atoms with Crippen LogP contribution in [0.4, 0.5) is 5.69 Å². The summed E-state index contributed by atoms with van der Waals surface area (Å²) in [6.07, 6.45) is 0.563. The molecule has 3 aromatic rings. The number of aryl methyl sites for hydroxylation is 1. The van der Waals surface area contributed by atoms with Gasteiger partial charge in [0, 0.05) is 24.3 Å². The number of aromatic carboxylic acids is 1. The highest BCUT2D eigenvalue weighted by atomic mass is 32.2. The van der Waals surface area contributed by atoms with E-state index in [2.05, 4.69) is 15.1 Å². The normalized spacial score (nSPS) is 12.4. The Morgan fingerprint density at radius 1 is 1.30 bits per heavy atom. The van der Waals surface area contributed by atoms with Gasteiger partial charge in [0.15, 0.2) is 5.69 Å². The van der Waals surface area contributed by atoms with Gasteiger partial charge in [-0.25, -0.2) is 22.6 Å². The Labute approximate surface area is 195 Å². The first-order valence-corrected chi connectivity index (χ1v) is 12.4. The number of sulfonamides is 1. The zero-order chi connectivity index (χ0) is 24.3. The lowest BCUT2D eigenvalue weighted by Gasteiger charge is -2.17. The van der Waals surface area contributed by atoms with E-state index in [1.165, 1.54) is 48.2 Å². The molecule has 0 unspecified atom stereocenters. The third-order valence-corrected chi connectivity index (χ3v) is 7.31. The van der Waals surface area contributed by atoms with Crippen molar-refractivity contribution in [2.45, 2.75) is 38.1 Å². The number of thiophene rings is 1. The highest BCUT2D eigenvalue weighted by Gasteiger charge is 2.26. The first-order valence-electron chi connectivity index (χ1n) is 9.99. The maximum absolute atomic E-state index is 13.1. The van der Waals surface area contributed by atoms with Gasteiger partial charge in [0.05, 0.1) is 4.88 Å². The number of benzene rings is 1. The zero-order valence-electron chi connectivity index (χ0n) is 18.4. The average Bonchev–Trinajstić information content (AvgIpc) is 3.38. The lowest BCUT2D eigenvalue weighted by molar-refractivity contribution is 0.0688. The van der Waals surface area contributed by atoms with Gasteiger partial charge in [-0.1, -0.05) is 13.0 Å². The van der Waals surface area contributed by atoms with Crippen LogP contribution in [0.3, 0.4) is 0 Å². The van der Waals surface area contributed by atoms with E-state index in [0.29, 0.717) is 11.3 Å². The fourth-order valence-corrected chi connectivity index (χ4v) is 5.06. The predicted molar refractivity (Wildman–Crippen MR) is 124 cm³/mol. The molecule has 0 fully saturated rings. The molecule has 0 saturated carbocycles. The molecule has 1 atom stereocenters. The van der Waals surface area contributed by atoms with Gasteiger partial charge in [-0.05, 0) is 49.9 Å². The zero-order valence-corrected chi connectivity index (χ0v) is 20.1. The minimum absolute atomic E-state index is 0.0389. The molecule has 12 heteroatoms. The molecule has 33 heavy (non-hydrogen) atoms. The van der Waals surface area contributed by atoms with Gasteiger partial charge in [-0.3, -0.25) is 4.79 Å². The minimum atomic E-state index is -4.04. The quantitative estimate of drug-likeness (QED) is 0.414. The van der Waals surface area contributed by atoms with E-state index >= 15 is 0 Å². The highest BCUT2D eigenvalue weighted by molar-refractivity contribution is 7.89. The van der Waals surface area contributed by atoms with Gasteiger partial charge in [0.25, 0.3) is 5.91 Å². The van der Waals surface area contributed by atoms with Crippen LogP contribution in [0.1, 0.15) is 46.0 Å². The molecular formula is C21H24N4O6S2. The Morgan fingerprint density at radius 3 is 2.61 bits per heavy atom. The second-order valence-corrected chi connectivity index (χ2v) is 9.96. The van der Waals surface area contributed by atoms with Gasteiger partial charge in [0.2, 0.25) is 15.9 Å². The third-order valence-electron chi connectivity index (χ3n) is 4.83. The van der Waals surface area contributed by atoms with E-state index in [1.807, 2.05) is 6.92 Å². The summed E-state index contributed by atoms with van der Waals surface area (Å²) >= 11 is 1.26. The van der Waals surface area contributed by atoms with E-state index in [1.54, 1.807) is 24.4 Å². The van der Waals surface area contributed by atoms with E-state index in [-0.39, 0.29) is 45.4 Å². The monoisotopic (exact) mass is 492 g/mol. The summed E-state index contributed by atoms with van der Waals surface area (Å²) < 4.78 is 35.9. The van der Waals surface area contributed by atoms with Crippen molar-refractivity contribution < 1.29 is 27.9 Å². The summed E-state index contributed by atoms with van der Waals surface area (Å²) in [4.78, 5) is 24.1. The summed E-state index contributed by atoms with van der Waals surface area (Å²) in [7, 11) is -2.54. The van der Waals surface area contributed by atoms with Crippen molar-refractivity contribution in [1.82, 2.24) is 14.5 Å². The van der Waals surface area contributed by atoms with Gasteiger partial charge in [-0.2, -0.15) is 5.10 Å². The van der Waals surface area contributed by atoms with E-state index < -0.39 is 16.0 Å². The number of carboxylic acids is 1. The van der Waals surface area contributed by atoms with E-state index in [9.17, 15) is 23.1 Å². The van der Waals surface area contributed by atoms with Crippen LogP contribution in [-0.2, 0) is 17.1 Å². The van der Waals surface area contributed by atoms with Crippen molar-refractivity contribution in [1.29, 1.82) is 0 Å². The number of carboxylic acid groups (broad SMARTS) is 1. The number of nitrogens with zero attached hydrogens (tertiary/aromatic N) is 2. The smallest absolute Gasteiger partial charge is 0.356 e. The van der Waals surface area contributed by atoms with Crippen LogP contribution in [0.2, 0.25) is 0 Å². The molecular weight excluding hydrogens is 468 g/mol. The molecule has 0 radical (unpaired) electrons. The number of nitrogens with one attached hydrogen (secondary N) is 2. The van der Waals surface area contributed by atoms with Crippen molar-refractivity contribution in [3.8, 4) is 11.6 Å². The van der Waals surface area contributed by atoms with Crippen molar-refractivity contribution >= 4 is 38.9 Å². The number of carbonyl (C=O) groups excluding carboxylic acids is 1. The van der Waals surface area contributed by atoms with Gasteiger partial charge in [-0.15, -0.1) is 11.3 Å². The number of carbonyl (C=O) groups is 2. The van der Waals surface area contributed by atoms with Crippen molar-refractivity contribution in [3.63, 3.8) is 0 Å². The lowest BCUT2D eigenvalue weighted by atomic mass is 10.2. The van der Waals surface area contributed by atoms with Crippen LogP contribution in [0.25, 0.3) is 0 Å². The Hall–Kier alpha value is -3.22. The molecule has 0 aliphatic carbocycles. The highest BCUT2D eigenvalue weighted by Crippen LogP contribution is 2.34. The Balaban J connectivity index is 2.04. The molecule has 0 aliphatic heterocycles. The minimum Gasteiger partial charge on any atom is -0.476 e. The van der Waals surface area contributed by atoms with Crippen molar-refractivity contribution in [2.75, 3.05) is 5.32 Å². The summed E-state index contributed by atoms with van der Waals surface area (Å²) in [5, 5.41) is 17.7. The second kappa shape index (κ2) is 9.73. The number of hydrogen-bond donors (Lipinski definition) is 3. The van der Waals surface area contributed by atoms with Crippen LogP contribution in [-0.4, -0.2) is 41.2 Å². The topological polar surface area (TPSA) is 140 Å². The molecule has 3 N–H and O–H groups in total. The van der Waals surface area contributed by atoms with Crippen molar-refractivity contribution in [2.24, 2.45) is 7.05 Å². The fraction of sp³-hybridized carbons (Fsp3) is 0.286. The first-order chi connectivity index (χ1) is 15.5. The van der Waals surface area contributed by atoms with Crippen LogP contribution >= 0.6 is 11.3 Å². The SMILES string of the molecule is CC[C@@H](C)NS(=O)(=O)c1cc(NC(=O)c2cccs2)ccc1Oc1c(C)c(C(=O)O)nn1C. The molecule has 1 aromatic carbocycles. The summed E-state index contributed by atoms with van der Waals surface area (Å²) in [5.41, 5.74) is 0.311. The molecule has 0 bridgehead atoms. The number of hydrogen-bond acceptors (Lipinski definition) is 7. The van der Waals surface area contributed by atoms with Crippen LogP contribution in [0, 0.1) is 6.92 Å². The molecule has 2 aromatic heterocycles. The number of amides is 1. The maximum atomic E-state index is 13.1. The molecule has 2 heterocycles. The molecule has 10 nitrogen and oxygen atoms in total. The largest absolute Gasteiger partial charge is 0.476 e. The average molecular weight is 493 g/mol. The fourth-order valence-electron chi connectivity index (χ4n) is 2.96. The molecule has 1 amide bonds. The van der Waals surface area contributed by atoms with E-state index in [0.717, 1.165) is 0 Å². The maximum Gasteiger partial charge on any atom is 0.356 e. The first kappa shape index (κ1) is 24.4. The summed E-state index contributed by atoms with van der Waals surface area (Å²) in [6.45, 7) is 5.09. The van der Waals surface area contributed by atoms with Crippen LogP contribution in [0.15, 0.2) is 40.6 Å². The molecule has 0 spiro atoms. The number of ether oxygens (including phenoxy) is 1. The Morgan fingerprint density at radius 2 is 2.03 bits per heavy atom. The third kappa shape index (κ3) is 5.41. The van der Waals surface area contributed by atoms with Gasteiger partial charge < -0.3 is 15.2 Å². The predicted octanol–water partition coefficient (Wildman–Crippen LogP) is 3.61. The number of anilines is 1. The lowest BCUT2D eigenvalue weighted by Crippen LogP contribution is -2.32. The van der Waals surface area contributed by atoms with E-state index in [4.69, 9.17) is 4.74 Å². The molecule has 0 saturated heterocycles. The van der Waals surface area contributed by atoms with Crippen LogP contribution in [0.5, 0.6) is 11.6 Å². The van der Waals surface area contributed by atoms with Crippen molar-refractivity contribution in [3.05, 3.63) is 51.8 Å². The number of rotatable bonds is 9. The van der Waals surface area contributed by atoms with Gasteiger partial charge in [0.1, 0.15) is 10.6 Å². The Bertz CT molecular complexity index is 1280. The van der Waals surface area contributed by atoms with Gasteiger partial charge >= 0.3 is 5.97 Å². The second-order valence-electron chi connectivity index (χ2n) is 7.33. The van der Waals surface area contributed by atoms with Crippen LogP contribution < -0.4 is 14.8 Å². The summed E-state index contributed by atoms with van der Waals surface area (Å²) in [5.74, 6) is -1.55. The molecule has 0 aliphatic rings.